The standard InChI is InChI=1S/C38H72O5/c1-3-5-7-9-11-13-15-17-18-19-20-21-23-24-26-28-30-32-37(40)42-35-36(34-39)43-38(41)33-31-29-27-25-22-16-14-12-10-8-6-4-2/h12,14,36,39H,3-11,13,15-35H2,1-2H3/b14-12-. The highest BCUT2D eigenvalue weighted by Gasteiger charge is 2.16. The first-order chi connectivity index (χ1) is 21.1. The van der Waals surface area contributed by atoms with Gasteiger partial charge in [0, 0.05) is 12.8 Å². The second-order valence-electron chi connectivity index (χ2n) is 12.7. The van der Waals surface area contributed by atoms with E-state index in [1.165, 1.54) is 135 Å². The third kappa shape index (κ3) is 33.4. The van der Waals surface area contributed by atoms with E-state index in [0.717, 1.165) is 38.5 Å². The number of hydrogen-bond acceptors (Lipinski definition) is 5. The Labute approximate surface area is 267 Å². The molecule has 0 aromatic rings. The Morgan fingerprint density at radius 3 is 1.30 bits per heavy atom. The third-order valence-corrected chi connectivity index (χ3v) is 8.31. The van der Waals surface area contributed by atoms with Crippen LogP contribution in [0.25, 0.3) is 0 Å². The average molecular weight is 609 g/mol. The van der Waals surface area contributed by atoms with Gasteiger partial charge in [0.05, 0.1) is 6.61 Å². The zero-order chi connectivity index (χ0) is 31.5. The fourth-order valence-electron chi connectivity index (χ4n) is 5.43. The van der Waals surface area contributed by atoms with E-state index in [-0.39, 0.29) is 25.2 Å². The van der Waals surface area contributed by atoms with Gasteiger partial charge in [-0.25, -0.2) is 0 Å². The third-order valence-electron chi connectivity index (χ3n) is 8.31. The van der Waals surface area contributed by atoms with Crippen molar-refractivity contribution in [3.63, 3.8) is 0 Å². The highest BCUT2D eigenvalue weighted by atomic mass is 16.6. The molecule has 0 aromatic carbocycles. The minimum atomic E-state index is -0.767. The first-order valence-electron chi connectivity index (χ1n) is 18.7. The summed E-state index contributed by atoms with van der Waals surface area (Å²) in [5.41, 5.74) is 0. The normalized spacial score (nSPS) is 12.2. The van der Waals surface area contributed by atoms with Crippen LogP contribution in [-0.2, 0) is 19.1 Å². The number of esters is 2. The summed E-state index contributed by atoms with van der Waals surface area (Å²) in [7, 11) is 0. The van der Waals surface area contributed by atoms with Gasteiger partial charge in [0.25, 0.3) is 0 Å². The Morgan fingerprint density at radius 2 is 0.860 bits per heavy atom. The van der Waals surface area contributed by atoms with E-state index < -0.39 is 6.10 Å². The van der Waals surface area contributed by atoms with E-state index in [0.29, 0.717) is 12.8 Å². The molecular weight excluding hydrogens is 536 g/mol. The summed E-state index contributed by atoms with van der Waals surface area (Å²) < 4.78 is 10.6. The number of allylic oxidation sites excluding steroid dienone is 2. The molecule has 0 aliphatic carbocycles. The zero-order valence-corrected chi connectivity index (χ0v) is 28.7. The van der Waals surface area contributed by atoms with Crippen LogP contribution in [0.1, 0.15) is 200 Å². The van der Waals surface area contributed by atoms with Crippen molar-refractivity contribution in [3.8, 4) is 0 Å². The lowest BCUT2D eigenvalue weighted by atomic mass is 10.0. The predicted octanol–water partition coefficient (Wildman–Crippen LogP) is 11.3. The van der Waals surface area contributed by atoms with Gasteiger partial charge >= 0.3 is 11.9 Å². The summed E-state index contributed by atoms with van der Waals surface area (Å²) in [4.78, 5) is 24.2. The molecule has 0 saturated heterocycles. The number of ether oxygens (including phenoxy) is 2. The number of hydrogen-bond donors (Lipinski definition) is 1. The van der Waals surface area contributed by atoms with Gasteiger partial charge in [0.2, 0.25) is 0 Å². The summed E-state index contributed by atoms with van der Waals surface area (Å²) in [5.74, 6) is -0.593. The first-order valence-corrected chi connectivity index (χ1v) is 18.7. The van der Waals surface area contributed by atoms with Crippen LogP contribution in [0.5, 0.6) is 0 Å². The number of carbonyl (C=O) groups excluding carboxylic acids is 2. The molecule has 1 unspecified atom stereocenters. The van der Waals surface area contributed by atoms with Gasteiger partial charge in [0.15, 0.2) is 6.10 Å². The molecule has 1 N–H and O–H groups in total. The number of rotatable bonds is 34. The summed E-state index contributed by atoms with van der Waals surface area (Å²) >= 11 is 0. The van der Waals surface area contributed by atoms with E-state index in [1.54, 1.807) is 0 Å². The number of carbonyl (C=O) groups is 2. The maximum Gasteiger partial charge on any atom is 0.306 e. The Balaban J connectivity index is 3.52. The van der Waals surface area contributed by atoms with Crippen molar-refractivity contribution in [1.29, 1.82) is 0 Å². The molecule has 1 atom stereocenters. The second kappa shape index (κ2) is 35.1. The highest BCUT2D eigenvalue weighted by molar-refractivity contribution is 5.70. The zero-order valence-electron chi connectivity index (χ0n) is 28.7. The van der Waals surface area contributed by atoms with E-state index in [2.05, 4.69) is 26.0 Å². The lowest BCUT2D eigenvalue weighted by molar-refractivity contribution is -0.161. The Kier molecular flexibility index (Phi) is 34.0. The van der Waals surface area contributed by atoms with Crippen LogP contribution in [-0.4, -0.2) is 36.4 Å². The molecule has 0 rings (SSSR count). The molecule has 0 aliphatic rings. The minimum Gasteiger partial charge on any atom is -0.462 e. The Bertz CT molecular complexity index is 617. The molecule has 43 heavy (non-hydrogen) atoms. The summed E-state index contributed by atoms with van der Waals surface area (Å²) in [5, 5.41) is 9.52. The Morgan fingerprint density at radius 1 is 0.512 bits per heavy atom. The van der Waals surface area contributed by atoms with E-state index in [4.69, 9.17) is 9.47 Å². The second-order valence-corrected chi connectivity index (χ2v) is 12.7. The predicted molar refractivity (Wildman–Crippen MR) is 182 cm³/mol. The molecule has 254 valence electrons. The fraction of sp³-hybridized carbons (Fsp3) is 0.895. The number of unbranched alkanes of at least 4 members (excludes halogenated alkanes) is 24. The molecule has 0 radical (unpaired) electrons. The smallest absolute Gasteiger partial charge is 0.306 e. The van der Waals surface area contributed by atoms with Crippen molar-refractivity contribution < 1.29 is 24.2 Å². The molecule has 0 aromatic heterocycles. The largest absolute Gasteiger partial charge is 0.462 e. The van der Waals surface area contributed by atoms with Crippen LogP contribution in [0.4, 0.5) is 0 Å². The number of aliphatic hydroxyl groups excluding tert-OH is 1. The molecule has 0 spiro atoms. The number of aliphatic hydroxyl groups is 1. The van der Waals surface area contributed by atoms with E-state index in [9.17, 15) is 14.7 Å². The molecular formula is C38H72O5. The molecule has 0 saturated carbocycles. The lowest BCUT2D eigenvalue weighted by Gasteiger charge is -2.15. The molecule has 0 heterocycles. The highest BCUT2D eigenvalue weighted by Crippen LogP contribution is 2.15. The van der Waals surface area contributed by atoms with Crippen molar-refractivity contribution in [2.45, 2.75) is 206 Å². The molecule has 5 nitrogen and oxygen atoms in total. The Hall–Kier alpha value is -1.36. The van der Waals surface area contributed by atoms with Crippen LogP contribution in [0.3, 0.4) is 0 Å². The quantitative estimate of drug-likeness (QED) is 0.0447. The van der Waals surface area contributed by atoms with Gasteiger partial charge in [-0.15, -0.1) is 0 Å². The molecule has 0 bridgehead atoms. The van der Waals surface area contributed by atoms with Crippen molar-refractivity contribution in [3.05, 3.63) is 12.2 Å². The van der Waals surface area contributed by atoms with Gasteiger partial charge in [-0.3, -0.25) is 9.59 Å². The van der Waals surface area contributed by atoms with Crippen molar-refractivity contribution in [2.75, 3.05) is 13.2 Å². The first kappa shape index (κ1) is 41.6. The summed E-state index contributed by atoms with van der Waals surface area (Å²) in [6.07, 6.45) is 38.4. The van der Waals surface area contributed by atoms with Crippen molar-refractivity contribution in [2.24, 2.45) is 0 Å². The van der Waals surface area contributed by atoms with Crippen molar-refractivity contribution >= 4 is 11.9 Å². The lowest BCUT2D eigenvalue weighted by Crippen LogP contribution is -2.28. The van der Waals surface area contributed by atoms with Crippen molar-refractivity contribution in [1.82, 2.24) is 0 Å². The fourth-order valence-corrected chi connectivity index (χ4v) is 5.43. The average Bonchev–Trinajstić information content (AvgIpc) is 3.01. The van der Waals surface area contributed by atoms with Crippen LogP contribution < -0.4 is 0 Å². The monoisotopic (exact) mass is 609 g/mol. The maximum absolute atomic E-state index is 12.1. The van der Waals surface area contributed by atoms with E-state index >= 15 is 0 Å². The van der Waals surface area contributed by atoms with Crippen LogP contribution in [0.2, 0.25) is 0 Å². The summed E-state index contributed by atoms with van der Waals surface area (Å²) in [6.45, 7) is 4.11. The summed E-state index contributed by atoms with van der Waals surface area (Å²) in [6, 6.07) is 0. The van der Waals surface area contributed by atoms with Gasteiger partial charge in [0.1, 0.15) is 6.61 Å². The molecule has 0 fully saturated rings. The van der Waals surface area contributed by atoms with Gasteiger partial charge in [-0.05, 0) is 38.5 Å². The van der Waals surface area contributed by atoms with Gasteiger partial charge < -0.3 is 14.6 Å². The van der Waals surface area contributed by atoms with E-state index in [1.807, 2.05) is 0 Å². The topological polar surface area (TPSA) is 72.8 Å². The van der Waals surface area contributed by atoms with Gasteiger partial charge in [-0.1, -0.05) is 161 Å². The minimum absolute atomic E-state index is 0.0635. The SMILES string of the molecule is CCCCC/C=C\CCCCCCCC(=O)OC(CO)COC(=O)CCCCCCCCCCCCCCCCCCC. The maximum atomic E-state index is 12.1. The molecule has 0 amide bonds. The molecule has 5 heteroatoms. The van der Waals surface area contributed by atoms with Gasteiger partial charge in [-0.2, -0.15) is 0 Å². The van der Waals surface area contributed by atoms with Crippen LogP contribution in [0, 0.1) is 0 Å². The van der Waals surface area contributed by atoms with Crippen LogP contribution in [0.15, 0.2) is 12.2 Å². The van der Waals surface area contributed by atoms with Crippen LogP contribution >= 0.6 is 0 Å². The molecule has 0 aliphatic heterocycles.